The second kappa shape index (κ2) is 9.98. The minimum atomic E-state index is -4.33. The molecule has 2 aromatic carbocycles. The van der Waals surface area contributed by atoms with E-state index in [9.17, 15) is 18.0 Å². The molecule has 1 unspecified atom stereocenters. The molecule has 1 saturated heterocycles. The van der Waals surface area contributed by atoms with Crippen LogP contribution >= 0.6 is 0 Å². The van der Waals surface area contributed by atoms with Crippen molar-refractivity contribution in [2.24, 2.45) is 0 Å². The van der Waals surface area contributed by atoms with E-state index >= 15 is 0 Å². The lowest BCUT2D eigenvalue weighted by Crippen LogP contribution is -2.36. The van der Waals surface area contributed by atoms with E-state index < -0.39 is 11.7 Å². The van der Waals surface area contributed by atoms with E-state index in [0.29, 0.717) is 31.6 Å². The first-order chi connectivity index (χ1) is 14.4. The highest BCUT2D eigenvalue weighted by Gasteiger charge is 2.31. The fourth-order valence-electron chi connectivity index (χ4n) is 3.91. The highest BCUT2D eigenvalue weighted by Crippen LogP contribution is 2.29. The number of nitrogens with zero attached hydrogens (tertiary/aromatic N) is 1. The second-order valence-corrected chi connectivity index (χ2v) is 7.51. The molecule has 30 heavy (non-hydrogen) atoms. The number of halogens is 3. The van der Waals surface area contributed by atoms with Gasteiger partial charge in [-0.3, -0.25) is 4.79 Å². The van der Waals surface area contributed by atoms with Gasteiger partial charge in [-0.05, 0) is 49.1 Å². The summed E-state index contributed by atoms with van der Waals surface area (Å²) in [5.74, 6) is 0.983. The van der Waals surface area contributed by atoms with Gasteiger partial charge in [-0.2, -0.15) is 13.2 Å². The van der Waals surface area contributed by atoms with Crippen molar-refractivity contribution in [3.05, 3.63) is 65.2 Å². The van der Waals surface area contributed by atoms with E-state index in [1.54, 1.807) is 13.2 Å². The standard InChI is InChI=1S/C23H27F3N2O2/c1-30-21-8-3-2-6-18(21)12-14-28-20(9-10-22(28)29)11-13-27-16-17-5-4-7-19(15-17)23(24,25)26/h2-8,15,20,27H,9-14,16H2,1H3. The van der Waals surface area contributed by atoms with Crippen molar-refractivity contribution in [1.82, 2.24) is 10.2 Å². The Morgan fingerprint density at radius 1 is 1.17 bits per heavy atom. The van der Waals surface area contributed by atoms with Crippen molar-refractivity contribution in [3.8, 4) is 5.75 Å². The Kier molecular flexibility index (Phi) is 7.37. The summed E-state index contributed by atoms with van der Waals surface area (Å²) < 4.78 is 43.8. The molecule has 0 aromatic heterocycles. The maximum absolute atomic E-state index is 12.8. The van der Waals surface area contributed by atoms with E-state index in [1.807, 2.05) is 29.2 Å². The van der Waals surface area contributed by atoms with E-state index in [1.165, 1.54) is 12.1 Å². The third kappa shape index (κ3) is 5.75. The number of amides is 1. The zero-order valence-corrected chi connectivity index (χ0v) is 17.0. The Bertz CT molecular complexity index is 854. The minimum Gasteiger partial charge on any atom is -0.496 e. The summed E-state index contributed by atoms with van der Waals surface area (Å²) in [6, 6.07) is 13.3. The normalized spacial score (nSPS) is 16.9. The third-order valence-corrected chi connectivity index (χ3v) is 5.50. The molecule has 0 radical (unpaired) electrons. The quantitative estimate of drug-likeness (QED) is 0.611. The molecule has 1 heterocycles. The van der Waals surface area contributed by atoms with Crippen LogP contribution in [0.4, 0.5) is 13.2 Å². The number of carbonyl (C=O) groups excluding carboxylic acids is 1. The van der Waals surface area contributed by atoms with Crippen LogP contribution in [0.15, 0.2) is 48.5 Å². The van der Waals surface area contributed by atoms with E-state index in [0.717, 1.165) is 36.6 Å². The van der Waals surface area contributed by atoms with Crippen LogP contribution in [-0.4, -0.2) is 37.0 Å². The zero-order valence-electron chi connectivity index (χ0n) is 17.0. The predicted molar refractivity (Wildman–Crippen MR) is 109 cm³/mol. The lowest BCUT2D eigenvalue weighted by atomic mass is 10.1. The molecule has 1 atom stereocenters. The van der Waals surface area contributed by atoms with Crippen molar-refractivity contribution in [3.63, 3.8) is 0 Å². The molecule has 162 valence electrons. The number of hydrogen-bond donors (Lipinski definition) is 1. The fraction of sp³-hybridized carbons (Fsp3) is 0.435. The van der Waals surface area contributed by atoms with Crippen LogP contribution < -0.4 is 10.1 Å². The number of hydrogen-bond acceptors (Lipinski definition) is 3. The Balaban J connectivity index is 1.48. The summed E-state index contributed by atoms with van der Waals surface area (Å²) in [7, 11) is 1.64. The first-order valence-corrected chi connectivity index (χ1v) is 10.2. The van der Waals surface area contributed by atoms with Gasteiger partial charge in [0.2, 0.25) is 5.91 Å². The molecule has 1 amide bonds. The maximum atomic E-state index is 12.8. The van der Waals surface area contributed by atoms with Gasteiger partial charge < -0.3 is 15.0 Å². The number of ether oxygens (including phenoxy) is 1. The molecule has 7 heteroatoms. The molecule has 2 aromatic rings. The topological polar surface area (TPSA) is 41.6 Å². The number of rotatable bonds is 9. The van der Waals surface area contributed by atoms with Gasteiger partial charge in [-0.25, -0.2) is 0 Å². The first kappa shape index (κ1) is 22.2. The van der Waals surface area contributed by atoms with Gasteiger partial charge in [0, 0.05) is 25.6 Å². The van der Waals surface area contributed by atoms with Crippen molar-refractivity contribution in [1.29, 1.82) is 0 Å². The monoisotopic (exact) mass is 420 g/mol. The summed E-state index contributed by atoms with van der Waals surface area (Å²) in [6.45, 7) is 1.64. The average Bonchev–Trinajstić information content (AvgIpc) is 3.09. The molecule has 1 fully saturated rings. The molecule has 0 spiro atoms. The smallest absolute Gasteiger partial charge is 0.416 e. The lowest BCUT2D eigenvalue weighted by Gasteiger charge is -2.25. The van der Waals surface area contributed by atoms with E-state index in [2.05, 4.69) is 5.32 Å². The van der Waals surface area contributed by atoms with Gasteiger partial charge in [-0.15, -0.1) is 0 Å². The van der Waals surface area contributed by atoms with Crippen LogP contribution in [0.2, 0.25) is 0 Å². The molecule has 0 bridgehead atoms. The van der Waals surface area contributed by atoms with Gasteiger partial charge in [0.25, 0.3) is 0 Å². The highest BCUT2D eigenvalue weighted by molar-refractivity contribution is 5.78. The molecule has 3 rings (SSSR count). The Labute approximate surface area is 175 Å². The Morgan fingerprint density at radius 3 is 2.73 bits per heavy atom. The number of carbonyl (C=O) groups is 1. The van der Waals surface area contributed by atoms with Gasteiger partial charge in [0.15, 0.2) is 0 Å². The third-order valence-electron chi connectivity index (χ3n) is 5.50. The average molecular weight is 420 g/mol. The second-order valence-electron chi connectivity index (χ2n) is 7.51. The summed E-state index contributed by atoms with van der Waals surface area (Å²) in [5, 5.41) is 3.21. The largest absolute Gasteiger partial charge is 0.496 e. The van der Waals surface area contributed by atoms with Gasteiger partial charge in [-0.1, -0.05) is 36.4 Å². The Morgan fingerprint density at radius 2 is 1.97 bits per heavy atom. The number of likely N-dealkylation sites (tertiary alicyclic amines) is 1. The molecule has 0 aliphatic carbocycles. The van der Waals surface area contributed by atoms with Gasteiger partial charge in [0.05, 0.1) is 12.7 Å². The molecular weight excluding hydrogens is 393 g/mol. The number of alkyl halides is 3. The maximum Gasteiger partial charge on any atom is 0.416 e. The Hall–Kier alpha value is -2.54. The number of methoxy groups -OCH3 is 1. The molecule has 1 aliphatic heterocycles. The van der Waals surface area contributed by atoms with Crippen LogP contribution in [0.1, 0.15) is 36.0 Å². The van der Waals surface area contributed by atoms with Crippen molar-refractivity contribution < 1.29 is 22.7 Å². The predicted octanol–water partition coefficient (Wildman–Crippen LogP) is 4.43. The SMILES string of the molecule is COc1ccccc1CCN1C(=O)CCC1CCNCc1cccc(C(F)(F)F)c1. The number of para-hydroxylation sites is 1. The van der Waals surface area contributed by atoms with Crippen LogP contribution in [0.3, 0.4) is 0 Å². The van der Waals surface area contributed by atoms with Crippen LogP contribution in [0, 0.1) is 0 Å². The molecule has 1 aliphatic rings. The molecule has 1 N–H and O–H groups in total. The summed E-state index contributed by atoms with van der Waals surface area (Å²) in [6.07, 6.45) is -1.47. The van der Waals surface area contributed by atoms with Crippen LogP contribution in [0.25, 0.3) is 0 Å². The van der Waals surface area contributed by atoms with Gasteiger partial charge in [0.1, 0.15) is 5.75 Å². The summed E-state index contributed by atoms with van der Waals surface area (Å²) in [4.78, 5) is 14.2. The summed E-state index contributed by atoms with van der Waals surface area (Å²) in [5.41, 5.74) is 1.03. The van der Waals surface area contributed by atoms with Crippen LogP contribution in [-0.2, 0) is 23.9 Å². The van der Waals surface area contributed by atoms with E-state index in [-0.39, 0.29) is 11.9 Å². The zero-order chi connectivity index (χ0) is 21.6. The van der Waals surface area contributed by atoms with Crippen molar-refractivity contribution in [2.45, 2.75) is 44.4 Å². The molecular formula is C23H27F3N2O2. The molecule has 4 nitrogen and oxygen atoms in total. The first-order valence-electron chi connectivity index (χ1n) is 10.2. The van der Waals surface area contributed by atoms with Crippen LogP contribution in [0.5, 0.6) is 5.75 Å². The van der Waals surface area contributed by atoms with E-state index in [4.69, 9.17) is 4.74 Å². The molecule has 0 saturated carbocycles. The van der Waals surface area contributed by atoms with Crippen molar-refractivity contribution in [2.75, 3.05) is 20.2 Å². The fourth-order valence-corrected chi connectivity index (χ4v) is 3.91. The van der Waals surface area contributed by atoms with Gasteiger partial charge >= 0.3 is 6.18 Å². The number of benzene rings is 2. The lowest BCUT2D eigenvalue weighted by molar-refractivity contribution is -0.137. The summed E-state index contributed by atoms with van der Waals surface area (Å²) >= 11 is 0. The highest BCUT2D eigenvalue weighted by atomic mass is 19.4. The number of nitrogens with one attached hydrogen (secondary N) is 1. The van der Waals surface area contributed by atoms with Crippen molar-refractivity contribution >= 4 is 5.91 Å². The minimum absolute atomic E-state index is 0.154.